The Morgan fingerprint density at radius 1 is 0.810 bits per heavy atom. The van der Waals surface area contributed by atoms with Crippen molar-refractivity contribution in [2.45, 2.75) is 33.1 Å². The van der Waals surface area contributed by atoms with Gasteiger partial charge in [0.1, 0.15) is 0 Å². The van der Waals surface area contributed by atoms with E-state index in [0.717, 1.165) is 19.3 Å². The molecule has 0 atom stereocenters. The number of benzene rings is 2. The number of hydrogen-bond donors (Lipinski definition) is 0. The first-order valence-electron chi connectivity index (χ1n) is 7.85. The molecule has 2 aromatic rings. The molecule has 0 nitrogen and oxygen atoms in total. The third kappa shape index (κ3) is 1.51. The lowest BCUT2D eigenvalue weighted by molar-refractivity contribution is 1.19. The second kappa shape index (κ2) is 3.76. The molecule has 3 aliphatic rings. The molecular formula is C21H18. The molecule has 0 amide bonds. The van der Waals surface area contributed by atoms with Gasteiger partial charge in [0.15, 0.2) is 0 Å². The summed E-state index contributed by atoms with van der Waals surface area (Å²) in [5, 5.41) is 2.92. The van der Waals surface area contributed by atoms with Crippen molar-refractivity contribution in [2.24, 2.45) is 0 Å². The van der Waals surface area contributed by atoms with E-state index in [1.807, 2.05) is 0 Å². The highest BCUT2D eigenvalue weighted by molar-refractivity contribution is 5.81. The van der Waals surface area contributed by atoms with E-state index in [-0.39, 0.29) is 0 Å². The number of allylic oxidation sites excluding steroid dienone is 1. The van der Waals surface area contributed by atoms with Gasteiger partial charge in [0.05, 0.1) is 0 Å². The van der Waals surface area contributed by atoms with Crippen LogP contribution >= 0.6 is 0 Å². The zero-order valence-corrected chi connectivity index (χ0v) is 12.6. The van der Waals surface area contributed by atoms with Crippen molar-refractivity contribution in [3.8, 4) is 11.1 Å². The van der Waals surface area contributed by atoms with Gasteiger partial charge in [0, 0.05) is 0 Å². The molecule has 102 valence electrons. The van der Waals surface area contributed by atoms with Crippen LogP contribution in [0.1, 0.15) is 42.5 Å². The van der Waals surface area contributed by atoms with Gasteiger partial charge in [-0.2, -0.15) is 0 Å². The van der Waals surface area contributed by atoms with Crippen LogP contribution in [-0.2, 0) is 12.8 Å². The first-order chi connectivity index (χ1) is 10.2. The van der Waals surface area contributed by atoms with E-state index >= 15 is 0 Å². The fraction of sp³-hybridized carbons (Fsp3) is 0.238. The van der Waals surface area contributed by atoms with E-state index in [9.17, 15) is 0 Å². The van der Waals surface area contributed by atoms with E-state index in [1.54, 1.807) is 0 Å². The topological polar surface area (TPSA) is 0 Å². The van der Waals surface area contributed by atoms with Gasteiger partial charge in [0.2, 0.25) is 0 Å². The zero-order chi connectivity index (χ0) is 14.1. The lowest BCUT2D eigenvalue weighted by Crippen LogP contribution is -2.23. The van der Waals surface area contributed by atoms with E-state index in [0.29, 0.717) is 0 Å². The molecule has 0 N–H and O–H groups in total. The number of hydrogen-bond acceptors (Lipinski definition) is 0. The van der Waals surface area contributed by atoms with E-state index in [1.165, 1.54) is 55.0 Å². The predicted molar refractivity (Wildman–Crippen MR) is 89.5 cm³/mol. The molecule has 2 aromatic carbocycles. The molecule has 0 unspecified atom stereocenters. The largest absolute Gasteiger partial charge is 0.0726 e. The van der Waals surface area contributed by atoms with Gasteiger partial charge in [-0.1, -0.05) is 35.4 Å². The molecule has 0 saturated carbocycles. The molecule has 0 fully saturated rings. The average molecular weight is 270 g/mol. The highest BCUT2D eigenvalue weighted by Gasteiger charge is 2.22. The Bertz CT molecular complexity index is 968. The van der Waals surface area contributed by atoms with E-state index in [2.05, 4.69) is 50.3 Å². The lowest BCUT2D eigenvalue weighted by atomic mass is 9.99. The van der Waals surface area contributed by atoms with Crippen molar-refractivity contribution >= 4 is 17.7 Å². The summed E-state index contributed by atoms with van der Waals surface area (Å²) >= 11 is 0. The SMILES string of the molecule is CC1=Cc2cc3c(cc2C1)-c1cc2c(cc1C3)=C(C)CC=2. The van der Waals surface area contributed by atoms with Gasteiger partial charge in [-0.05, 0) is 89.1 Å². The van der Waals surface area contributed by atoms with Gasteiger partial charge >= 0.3 is 0 Å². The number of rotatable bonds is 0. The first-order valence-corrected chi connectivity index (χ1v) is 7.85. The molecule has 0 heterocycles. The van der Waals surface area contributed by atoms with Crippen molar-refractivity contribution in [1.82, 2.24) is 0 Å². The molecule has 0 aromatic heterocycles. The molecule has 0 radical (unpaired) electrons. The van der Waals surface area contributed by atoms with E-state index in [4.69, 9.17) is 0 Å². The minimum atomic E-state index is 1.10. The summed E-state index contributed by atoms with van der Waals surface area (Å²) in [4.78, 5) is 0. The van der Waals surface area contributed by atoms with Crippen molar-refractivity contribution in [2.75, 3.05) is 0 Å². The third-order valence-electron chi connectivity index (χ3n) is 5.27. The highest BCUT2D eigenvalue weighted by atomic mass is 14.3. The standard InChI is InChI=1S/C21H18/c1-12-5-15-7-17-8-18-11-19-13(2)3-4-14(19)9-20(18)21(17)10-16(15)6-12/h4-5,7,9-11H,3,6,8H2,1-2H3. The normalized spacial score (nSPS) is 17.0. The van der Waals surface area contributed by atoms with Crippen LogP contribution in [0.3, 0.4) is 0 Å². The van der Waals surface area contributed by atoms with Crippen molar-refractivity contribution in [1.29, 1.82) is 0 Å². The van der Waals surface area contributed by atoms with Crippen molar-refractivity contribution < 1.29 is 0 Å². The minimum absolute atomic E-state index is 1.10. The van der Waals surface area contributed by atoms with Crippen LogP contribution in [0.25, 0.3) is 28.9 Å². The molecule has 3 aliphatic carbocycles. The van der Waals surface area contributed by atoms with Gasteiger partial charge in [-0.25, -0.2) is 0 Å². The maximum Gasteiger partial charge on any atom is -0.00130 e. The molecule has 0 bridgehead atoms. The Morgan fingerprint density at radius 3 is 2.52 bits per heavy atom. The minimum Gasteiger partial charge on any atom is -0.0726 e. The second-order valence-corrected chi connectivity index (χ2v) is 6.84. The second-order valence-electron chi connectivity index (χ2n) is 6.84. The average Bonchev–Trinajstić information content (AvgIpc) is 3.09. The molecule has 0 aliphatic heterocycles. The van der Waals surface area contributed by atoms with Crippen LogP contribution in [0.2, 0.25) is 0 Å². The van der Waals surface area contributed by atoms with Gasteiger partial charge < -0.3 is 0 Å². The number of fused-ring (bicyclic) bond motifs is 5. The summed E-state index contributed by atoms with van der Waals surface area (Å²) in [5.74, 6) is 0. The smallest absolute Gasteiger partial charge is 0.00130 e. The fourth-order valence-corrected chi connectivity index (χ4v) is 4.18. The van der Waals surface area contributed by atoms with Crippen molar-refractivity contribution in [3.63, 3.8) is 0 Å². The summed E-state index contributed by atoms with van der Waals surface area (Å²) < 4.78 is 0. The first kappa shape index (κ1) is 11.6. The fourth-order valence-electron chi connectivity index (χ4n) is 4.18. The zero-order valence-electron chi connectivity index (χ0n) is 12.6. The maximum atomic E-state index is 2.45. The van der Waals surface area contributed by atoms with Crippen molar-refractivity contribution in [3.05, 3.63) is 62.5 Å². The van der Waals surface area contributed by atoms with Crippen LogP contribution in [0.4, 0.5) is 0 Å². The van der Waals surface area contributed by atoms with Gasteiger partial charge in [-0.3, -0.25) is 0 Å². The summed E-state index contributed by atoms with van der Waals surface area (Å²) in [6.45, 7) is 4.50. The Morgan fingerprint density at radius 2 is 1.62 bits per heavy atom. The molecule has 5 rings (SSSR count). The maximum absolute atomic E-state index is 2.45. The summed E-state index contributed by atoms with van der Waals surface area (Å²) in [6.07, 6.45) is 8.08. The summed E-state index contributed by atoms with van der Waals surface area (Å²) in [5.41, 5.74) is 11.9. The summed E-state index contributed by atoms with van der Waals surface area (Å²) in [7, 11) is 0. The summed E-state index contributed by atoms with van der Waals surface area (Å²) in [6, 6.07) is 9.73. The molecule has 0 heteroatoms. The quantitative estimate of drug-likeness (QED) is 0.586. The van der Waals surface area contributed by atoms with Crippen LogP contribution in [-0.4, -0.2) is 0 Å². The van der Waals surface area contributed by atoms with Crippen LogP contribution < -0.4 is 10.4 Å². The molecule has 0 spiro atoms. The molecule has 0 saturated heterocycles. The van der Waals surface area contributed by atoms with Gasteiger partial charge in [-0.15, -0.1) is 0 Å². The Kier molecular flexibility index (Phi) is 2.07. The molecule has 21 heavy (non-hydrogen) atoms. The van der Waals surface area contributed by atoms with Crippen LogP contribution in [0.15, 0.2) is 29.8 Å². The Labute approximate surface area is 125 Å². The Hall–Kier alpha value is -2.08. The van der Waals surface area contributed by atoms with E-state index < -0.39 is 0 Å². The monoisotopic (exact) mass is 270 g/mol. The molecular weight excluding hydrogens is 252 g/mol. The lowest BCUT2D eigenvalue weighted by Gasteiger charge is -2.05. The van der Waals surface area contributed by atoms with Gasteiger partial charge in [0.25, 0.3) is 0 Å². The highest BCUT2D eigenvalue weighted by Crippen LogP contribution is 2.39. The van der Waals surface area contributed by atoms with Crippen LogP contribution in [0.5, 0.6) is 0 Å². The van der Waals surface area contributed by atoms with Crippen LogP contribution in [0, 0.1) is 0 Å². The predicted octanol–water partition coefficient (Wildman–Crippen LogP) is 3.57. The Balaban J connectivity index is 1.77. The third-order valence-corrected chi connectivity index (χ3v) is 5.27.